The van der Waals surface area contributed by atoms with Gasteiger partial charge in [0.05, 0.1) is 17.1 Å². The summed E-state index contributed by atoms with van der Waals surface area (Å²) >= 11 is 7.23. The molecule has 2 aromatic rings. The van der Waals surface area contributed by atoms with E-state index >= 15 is 0 Å². The smallest absolute Gasteiger partial charge is 0.252 e. The van der Waals surface area contributed by atoms with Crippen LogP contribution in [0.1, 0.15) is 31.1 Å². The number of anilines is 2. The Kier molecular flexibility index (Phi) is 6.94. The van der Waals surface area contributed by atoms with Crippen LogP contribution in [0, 0.1) is 0 Å². The Morgan fingerprint density at radius 3 is 2.52 bits per heavy atom. The molecule has 1 aromatic heterocycles. The number of nitrogens with one attached hydrogen (secondary N) is 2. The van der Waals surface area contributed by atoms with Gasteiger partial charge in [-0.2, -0.15) is 4.31 Å². The van der Waals surface area contributed by atoms with Crippen molar-refractivity contribution in [2.75, 3.05) is 23.7 Å². The Morgan fingerprint density at radius 1 is 1.10 bits per heavy atom. The van der Waals surface area contributed by atoms with Crippen molar-refractivity contribution in [3.05, 3.63) is 40.2 Å². The Bertz CT molecular complexity index is 1010. The van der Waals surface area contributed by atoms with Gasteiger partial charge in [0.15, 0.2) is 0 Å². The summed E-state index contributed by atoms with van der Waals surface area (Å²) in [6.45, 7) is 2.47. The molecule has 2 amide bonds. The number of carbonyl (C=O) groups is 2. The molecular formula is C19H22ClN3O4S2. The molecule has 0 atom stereocenters. The molecule has 10 heteroatoms. The van der Waals surface area contributed by atoms with Crippen LogP contribution in [0.2, 0.25) is 5.02 Å². The van der Waals surface area contributed by atoms with Gasteiger partial charge in [-0.1, -0.05) is 18.0 Å². The number of amides is 2. The van der Waals surface area contributed by atoms with Crippen molar-refractivity contribution in [1.29, 1.82) is 0 Å². The number of piperidine rings is 1. The Labute approximate surface area is 179 Å². The van der Waals surface area contributed by atoms with Crippen molar-refractivity contribution < 1.29 is 18.0 Å². The van der Waals surface area contributed by atoms with Gasteiger partial charge >= 0.3 is 0 Å². The average Bonchev–Trinajstić information content (AvgIpc) is 3.14. The number of nitrogens with zero attached hydrogens (tertiary/aromatic N) is 1. The minimum atomic E-state index is -3.50. The van der Waals surface area contributed by atoms with E-state index in [4.69, 9.17) is 11.6 Å². The molecule has 0 spiro atoms. The van der Waals surface area contributed by atoms with E-state index in [0.29, 0.717) is 34.4 Å². The molecule has 1 aliphatic rings. The molecule has 3 rings (SSSR count). The van der Waals surface area contributed by atoms with Crippen LogP contribution >= 0.6 is 22.9 Å². The number of sulfonamides is 1. The lowest BCUT2D eigenvalue weighted by atomic mass is 10.2. The van der Waals surface area contributed by atoms with Crippen LogP contribution in [-0.4, -0.2) is 37.6 Å². The lowest BCUT2D eigenvalue weighted by Crippen LogP contribution is -2.35. The number of rotatable bonds is 6. The highest BCUT2D eigenvalue weighted by Gasteiger charge is 2.27. The molecule has 1 aliphatic heterocycles. The molecule has 156 valence electrons. The summed E-state index contributed by atoms with van der Waals surface area (Å²) in [4.78, 5) is 24.3. The third-order valence-electron chi connectivity index (χ3n) is 4.44. The van der Waals surface area contributed by atoms with Crippen LogP contribution in [-0.2, 0) is 26.0 Å². The summed E-state index contributed by atoms with van der Waals surface area (Å²) in [7, 11) is -3.50. The zero-order chi connectivity index (χ0) is 21.0. The third kappa shape index (κ3) is 5.57. The van der Waals surface area contributed by atoms with Crippen LogP contribution < -0.4 is 10.6 Å². The Balaban J connectivity index is 1.67. The summed E-state index contributed by atoms with van der Waals surface area (Å²) in [5, 5.41) is 5.68. The molecule has 29 heavy (non-hydrogen) atoms. The molecule has 0 unspecified atom stereocenters. The third-order valence-corrected chi connectivity index (χ3v) is 8.22. The quantitative estimate of drug-likeness (QED) is 0.693. The van der Waals surface area contributed by atoms with Gasteiger partial charge in [0.1, 0.15) is 4.21 Å². The second kappa shape index (κ2) is 9.25. The van der Waals surface area contributed by atoms with Crippen LogP contribution in [0.25, 0.3) is 0 Å². The minimum absolute atomic E-state index is 0.0287. The topological polar surface area (TPSA) is 95.6 Å². The lowest BCUT2D eigenvalue weighted by Gasteiger charge is -2.25. The van der Waals surface area contributed by atoms with Crippen molar-refractivity contribution in [3.63, 3.8) is 0 Å². The molecule has 0 saturated carbocycles. The SMILES string of the molecule is CC(=O)Nc1ccc(Cl)c(NC(=O)Cc2ccc(S(=O)(=O)N3CCCCC3)s2)c1. The zero-order valence-corrected chi connectivity index (χ0v) is 18.3. The number of hydrogen-bond acceptors (Lipinski definition) is 5. The molecule has 1 aromatic carbocycles. The molecule has 2 N–H and O–H groups in total. The van der Waals surface area contributed by atoms with E-state index < -0.39 is 10.0 Å². The minimum Gasteiger partial charge on any atom is -0.326 e. The maximum absolute atomic E-state index is 12.7. The van der Waals surface area contributed by atoms with Gasteiger partial charge in [-0.05, 0) is 43.2 Å². The van der Waals surface area contributed by atoms with E-state index in [-0.39, 0.29) is 22.4 Å². The first-order chi connectivity index (χ1) is 13.8. The van der Waals surface area contributed by atoms with Gasteiger partial charge in [-0.25, -0.2) is 8.42 Å². The highest BCUT2D eigenvalue weighted by molar-refractivity contribution is 7.91. The summed E-state index contributed by atoms with van der Waals surface area (Å²) in [6.07, 6.45) is 2.82. The molecule has 0 aliphatic carbocycles. The van der Waals surface area contributed by atoms with E-state index in [1.165, 1.54) is 11.2 Å². The highest BCUT2D eigenvalue weighted by atomic mass is 35.5. The average molecular weight is 456 g/mol. The van der Waals surface area contributed by atoms with Crippen molar-refractivity contribution in [2.24, 2.45) is 0 Å². The van der Waals surface area contributed by atoms with E-state index in [2.05, 4.69) is 10.6 Å². The fraction of sp³-hybridized carbons (Fsp3) is 0.368. The number of benzene rings is 1. The number of thiophene rings is 1. The lowest BCUT2D eigenvalue weighted by molar-refractivity contribution is -0.115. The summed E-state index contributed by atoms with van der Waals surface area (Å²) in [6, 6.07) is 8.01. The number of hydrogen-bond donors (Lipinski definition) is 2. The maximum atomic E-state index is 12.7. The Morgan fingerprint density at radius 2 is 1.83 bits per heavy atom. The van der Waals surface area contributed by atoms with Crippen molar-refractivity contribution in [1.82, 2.24) is 4.31 Å². The van der Waals surface area contributed by atoms with Crippen LogP contribution in [0.4, 0.5) is 11.4 Å². The highest BCUT2D eigenvalue weighted by Crippen LogP contribution is 2.29. The van der Waals surface area contributed by atoms with Gasteiger partial charge in [0.2, 0.25) is 11.8 Å². The first-order valence-corrected chi connectivity index (χ1v) is 11.8. The van der Waals surface area contributed by atoms with Gasteiger partial charge < -0.3 is 10.6 Å². The fourth-order valence-corrected chi connectivity index (χ4v) is 6.27. The molecule has 0 bridgehead atoms. The largest absolute Gasteiger partial charge is 0.326 e. The first-order valence-electron chi connectivity index (χ1n) is 9.21. The first kappa shape index (κ1) is 21.8. The summed E-state index contributed by atoms with van der Waals surface area (Å²) in [5.41, 5.74) is 0.892. The van der Waals surface area contributed by atoms with E-state index in [1.54, 1.807) is 30.3 Å². The van der Waals surface area contributed by atoms with E-state index in [1.807, 2.05) is 0 Å². The molecule has 7 nitrogen and oxygen atoms in total. The monoisotopic (exact) mass is 455 g/mol. The van der Waals surface area contributed by atoms with Crippen molar-refractivity contribution in [2.45, 2.75) is 36.8 Å². The van der Waals surface area contributed by atoms with Gasteiger partial charge in [-0.3, -0.25) is 9.59 Å². The standard InChI is InChI=1S/C19H22ClN3O4S2/c1-13(24)21-14-5-7-16(20)17(11-14)22-18(25)12-15-6-8-19(28-15)29(26,27)23-9-3-2-4-10-23/h5-8,11H,2-4,9-10,12H2,1H3,(H,21,24)(H,22,25). The van der Waals surface area contributed by atoms with Crippen LogP contribution in [0.15, 0.2) is 34.5 Å². The second-order valence-corrected chi connectivity index (χ2v) is 10.5. The molecule has 2 heterocycles. The summed E-state index contributed by atoms with van der Waals surface area (Å²) < 4.78 is 27.2. The van der Waals surface area contributed by atoms with E-state index in [9.17, 15) is 18.0 Å². The van der Waals surface area contributed by atoms with Gasteiger partial charge in [0, 0.05) is 30.6 Å². The number of carbonyl (C=O) groups excluding carboxylic acids is 2. The predicted octanol–water partition coefficient (Wildman–Crippen LogP) is 3.72. The maximum Gasteiger partial charge on any atom is 0.252 e. The fourth-order valence-electron chi connectivity index (χ4n) is 3.08. The molecule has 1 fully saturated rings. The van der Waals surface area contributed by atoms with Gasteiger partial charge in [0.25, 0.3) is 10.0 Å². The summed E-state index contributed by atoms with van der Waals surface area (Å²) in [5.74, 6) is -0.554. The van der Waals surface area contributed by atoms with Gasteiger partial charge in [-0.15, -0.1) is 11.3 Å². The Hall–Kier alpha value is -1.94. The van der Waals surface area contributed by atoms with Crippen molar-refractivity contribution in [3.8, 4) is 0 Å². The van der Waals surface area contributed by atoms with Crippen molar-refractivity contribution >= 4 is 56.2 Å². The second-order valence-electron chi connectivity index (χ2n) is 6.79. The van der Waals surface area contributed by atoms with Crippen LogP contribution in [0.5, 0.6) is 0 Å². The molecular weight excluding hydrogens is 434 g/mol. The number of halogens is 1. The molecule has 0 radical (unpaired) electrons. The van der Waals surface area contributed by atoms with E-state index in [0.717, 1.165) is 30.6 Å². The van der Waals surface area contributed by atoms with Crippen LogP contribution in [0.3, 0.4) is 0 Å². The zero-order valence-electron chi connectivity index (χ0n) is 15.9. The normalized spacial score (nSPS) is 15.1. The predicted molar refractivity (Wildman–Crippen MR) is 115 cm³/mol. The molecule has 1 saturated heterocycles.